The van der Waals surface area contributed by atoms with Crippen molar-refractivity contribution in [2.24, 2.45) is 5.92 Å². The van der Waals surface area contributed by atoms with Crippen LogP contribution in [0.2, 0.25) is 0 Å². The molecule has 1 saturated carbocycles. The first-order valence-electron chi connectivity index (χ1n) is 9.81. The van der Waals surface area contributed by atoms with Crippen molar-refractivity contribution in [1.82, 2.24) is 0 Å². The van der Waals surface area contributed by atoms with Gasteiger partial charge in [0.05, 0.1) is 5.56 Å². The van der Waals surface area contributed by atoms with Crippen LogP contribution >= 0.6 is 0 Å². The highest BCUT2D eigenvalue weighted by Crippen LogP contribution is 2.40. The normalized spacial score (nSPS) is 20.5. The van der Waals surface area contributed by atoms with Crippen LogP contribution in [-0.2, 0) is 0 Å². The summed E-state index contributed by atoms with van der Waals surface area (Å²) in [6, 6.07) is 3.93. The van der Waals surface area contributed by atoms with Gasteiger partial charge >= 0.3 is 0 Å². The Morgan fingerprint density at radius 3 is 1.97 bits per heavy atom. The second kappa shape index (κ2) is 9.06. The maximum absolute atomic E-state index is 14.5. The van der Waals surface area contributed by atoms with E-state index in [1.807, 2.05) is 0 Å². The van der Waals surface area contributed by atoms with E-state index in [0.29, 0.717) is 23.6 Å². The third-order valence-corrected chi connectivity index (χ3v) is 5.66. The molecule has 0 aromatic heterocycles. The molecule has 0 unspecified atom stereocenters. The van der Waals surface area contributed by atoms with Gasteiger partial charge in [-0.1, -0.05) is 19.8 Å². The predicted octanol–water partition coefficient (Wildman–Crippen LogP) is 8.08. The van der Waals surface area contributed by atoms with Crippen LogP contribution in [0.3, 0.4) is 0 Å². The minimum absolute atomic E-state index is 0.0239. The molecule has 1 aliphatic rings. The molecule has 0 aliphatic heterocycles. The Morgan fingerprint density at radius 1 is 0.793 bits per heavy atom. The molecule has 0 saturated heterocycles. The van der Waals surface area contributed by atoms with Crippen LogP contribution in [0.15, 0.2) is 30.3 Å². The van der Waals surface area contributed by atoms with Gasteiger partial charge in [-0.05, 0) is 73.4 Å². The molecule has 0 radical (unpaired) electrons. The monoisotopic (exact) mass is 412 g/mol. The zero-order valence-electron chi connectivity index (χ0n) is 16.1. The quantitative estimate of drug-likeness (QED) is 0.344. The van der Waals surface area contributed by atoms with Crippen LogP contribution in [0.4, 0.5) is 26.3 Å². The molecule has 0 heterocycles. The average molecular weight is 412 g/mol. The third kappa shape index (κ3) is 4.68. The fraction of sp³-hybridized carbons (Fsp3) is 0.391. The van der Waals surface area contributed by atoms with E-state index in [9.17, 15) is 26.3 Å². The summed E-state index contributed by atoms with van der Waals surface area (Å²) in [7, 11) is 0. The fourth-order valence-corrected chi connectivity index (χ4v) is 4.10. The van der Waals surface area contributed by atoms with Crippen LogP contribution in [0.5, 0.6) is 0 Å². The second-order valence-electron chi connectivity index (χ2n) is 7.62. The summed E-state index contributed by atoms with van der Waals surface area (Å²) in [6.45, 7) is 2.12. The number of hydrogen-bond acceptors (Lipinski definition) is 0. The van der Waals surface area contributed by atoms with Gasteiger partial charge in [-0.2, -0.15) is 0 Å². The van der Waals surface area contributed by atoms with Gasteiger partial charge in [-0.25, -0.2) is 26.3 Å². The number of halogens is 6. The Labute approximate surface area is 166 Å². The summed E-state index contributed by atoms with van der Waals surface area (Å²) >= 11 is 0. The van der Waals surface area contributed by atoms with Crippen molar-refractivity contribution in [2.75, 3.05) is 0 Å². The van der Waals surface area contributed by atoms with E-state index in [1.54, 1.807) is 0 Å². The number of hydrogen-bond donors (Lipinski definition) is 0. The van der Waals surface area contributed by atoms with Gasteiger partial charge in [0.2, 0.25) is 0 Å². The van der Waals surface area contributed by atoms with Gasteiger partial charge in [-0.15, -0.1) is 0 Å². The van der Waals surface area contributed by atoms with Crippen molar-refractivity contribution in [1.29, 1.82) is 0 Å². The van der Waals surface area contributed by atoms with Crippen LogP contribution in [0.25, 0.3) is 11.7 Å². The van der Waals surface area contributed by atoms with Crippen LogP contribution in [0.1, 0.15) is 68.1 Å². The third-order valence-electron chi connectivity index (χ3n) is 5.66. The molecule has 0 amide bonds. The largest absolute Gasteiger partial charge is 0.206 e. The Morgan fingerprint density at radius 2 is 1.41 bits per heavy atom. The minimum Gasteiger partial charge on any atom is -0.206 e. The molecule has 1 fully saturated rings. The highest BCUT2D eigenvalue weighted by atomic mass is 19.2. The summed E-state index contributed by atoms with van der Waals surface area (Å²) in [6.07, 6.45) is 5.77. The zero-order valence-corrected chi connectivity index (χ0v) is 16.1. The molecule has 29 heavy (non-hydrogen) atoms. The maximum Gasteiger partial charge on any atom is 0.172 e. The van der Waals surface area contributed by atoms with E-state index in [2.05, 4.69) is 6.92 Å². The minimum atomic E-state index is -1.79. The van der Waals surface area contributed by atoms with Gasteiger partial charge in [0, 0.05) is 5.56 Å². The molecule has 0 spiro atoms. The smallest absolute Gasteiger partial charge is 0.172 e. The second-order valence-corrected chi connectivity index (χ2v) is 7.62. The molecule has 1 aliphatic carbocycles. The summed E-state index contributed by atoms with van der Waals surface area (Å²) in [5, 5.41) is 0. The summed E-state index contributed by atoms with van der Waals surface area (Å²) < 4.78 is 84.1. The van der Waals surface area contributed by atoms with Gasteiger partial charge in [0.1, 0.15) is 11.6 Å². The van der Waals surface area contributed by atoms with E-state index in [-0.39, 0.29) is 5.92 Å². The van der Waals surface area contributed by atoms with Gasteiger partial charge < -0.3 is 0 Å². The van der Waals surface area contributed by atoms with E-state index in [0.717, 1.165) is 56.7 Å². The lowest BCUT2D eigenvalue weighted by Crippen LogP contribution is -2.14. The first-order valence-corrected chi connectivity index (χ1v) is 9.81. The van der Waals surface area contributed by atoms with Crippen molar-refractivity contribution < 1.29 is 26.3 Å². The average Bonchev–Trinajstić information content (AvgIpc) is 2.69. The molecule has 156 valence electrons. The summed E-state index contributed by atoms with van der Waals surface area (Å²) in [5.41, 5.74) is -1.35. The molecule has 0 atom stereocenters. The SMILES string of the molecule is CCCC1CCC(c2cc(F)c(C(F)=C(F)c3ccc(F)c(F)c3)c(F)c2)CC1. The number of rotatable bonds is 5. The summed E-state index contributed by atoms with van der Waals surface area (Å²) in [4.78, 5) is 0. The zero-order chi connectivity index (χ0) is 21.1. The summed E-state index contributed by atoms with van der Waals surface area (Å²) in [5.74, 6) is -7.91. The highest BCUT2D eigenvalue weighted by Gasteiger charge is 2.26. The first kappa shape index (κ1) is 21.5. The Kier molecular flexibility index (Phi) is 6.70. The first-order chi connectivity index (χ1) is 13.8. The van der Waals surface area contributed by atoms with Gasteiger partial charge in [0.15, 0.2) is 23.3 Å². The molecule has 2 aromatic carbocycles. The van der Waals surface area contributed by atoms with Crippen molar-refractivity contribution in [2.45, 2.75) is 51.4 Å². The molecule has 0 N–H and O–H groups in total. The van der Waals surface area contributed by atoms with Gasteiger partial charge in [0.25, 0.3) is 0 Å². The Balaban J connectivity index is 1.88. The molecule has 3 rings (SSSR count). The fourth-order valence-electron chi connectivity index (χ4n) is 4.10. The lowest BCUT2D eigenvalue weighted by molar-refractivity contribution is 0.307. The van der Waals surface area contributed by atoms with E-state index < -0.39 is 46.0 Å². The number of benzene rings is 2. The van der Waals surface area contributed by atoms with E-state index in [4.69, 9.17) is 0 Å². The molecule has 0 nitrogen and oxygen atoms in total. The van der Waals surface area contributed by atoms with Crippen molar-refractivity contribution in [3.8, 4) is 0 Å². The Bertz CT molecular complexity index is 887. The lowest BCUT2D eigenvalue weighted by atomic mass is 9.77. The van der Waals surface area contributed by atoms with Crippen molar-refractivity contribution in [3.05, 3.63) is 70.3 Å². The van der Waals surface area contributed by atoms with Gasteiger partial charge in [-0.3, -0.25) is 0 Å². The molecule has 6 heteroatoms. The van der Waals surface area contributed by atoms with Crippen molar-refractivity contribution in [3.63, 3.8) is 0 Å². The molecular weight excluding hydrogens is 390 g/mol. The maximum atomic E-state index is 14.5. The van der Waals surface area contributed by atoms with Crippen LogP contribution in [-0.4, -0.2) is 0 Å². The lowest BCUT2D eigenvalue weighted by Gasteiger charge is -2.28. The predicted molar refractivity (Wildman–Crippen MR) is 101 cm³/mol. The van der Waals surface area contributed by atoms with Crippen LogP contribution in [0, 0.1) is 29.2 Å². The molecule has 0 bridgehead atoms. The standard InChI is InChI=1S/C23H22F6/c1-2-3-13-4-6-14(7-5-13)16-11-19(26)21(20(27)12-16)23(29)22(28)15-8-9-17(24)18(25)10-15/h8-14H,2-7H2,1H3. The highest BCUT2D eigenvalue weighted by molar-refractivity contribution is 5.83. The van der Waals surface area contributed by atoms with Crippen molar-refractivity contribution >= 4 is 11.7 Å². The van der Waals surface area contributed by atoms with E-state index in [1.165, 1.54) is 0 Å². The molecule has 2 aromatic rings. The topological polar surface area (TPSA) is 0 Å². The Hall–Kier alpha value is -2.24. The van der Waals surface area contributed by atoms with E-state index >= 15 is 0 Å². The molecular formula is C23H22F6. The van der Waals surface area contributed by atoms with Crippen LogP contribution < -0.4 is 0 Å².